The first-order valence-electron chi connectivity index (χ1n) is 7.11. The van der Waals surface area contributed by atoms with Gasteiger partial charge in [-0.2, -0.15) is 0 Å². The number of nitro groups is 1. The van der Waals surface area contributed by atoms with Crippen molar-refractivity contribution in [1.82, 2.24) is 9.80 Å². The number of nitrogens with one attached hydrogen (secondary N) is 1. The Bertz CT molecular complexity index is 559. The first kappa shape index (κ1) is 16.5. The molecule has 0 saturated carbocycles. The number of nitro benzene ring substituents is 1. The van der Waals surface area contributed by atoms with Gasteiger partial charge in [-0.05, 0) is 13.1 Å². The molecule has 1 aliphatic heterocycles. The zero-order valence-electron chi connectivity index (χ0n) is 12.4. The van der Waals surface area contributed by atoms with E-state index in [1.54, 1.807) is 6.07 Å². The van der Waals surface area contributed by atoms with Crippen molar-refractivity contribution in [2.24, 2.45) is 0 Å². The number of carbonyl (C=O) groups excluding carboxylic acids is 1. The number of nitrogens with zero attached hydrogens (tertiary/aromatic N) is 3. The maximum Gasteiger partial charge on any atom is 0.271 e. The molecule has 0 atom stereocenters. The van der Waals surface area contributed by atoms with Crippen molar-refractivity contribution < 1.29 is 9.72 Å². The van der Waals surface area contributed by atoms with Crippen LogP contribution >= 0.6 is 11.6 Å². The zero-order valence-corrected chi connectivity index (χ0v) is 13.2. The smallest absolute Gasteiger partial charge is 0.271 e. The third-order valence-electron chi connectivity index (χ3n) is 3.67. The molecule has 7 nitrogen and oxygen atoms in total. The number of non-ortho nitro benzene ring substituents is 1. The summed E-state index contributed by atoms with van der Waals surface area (Å²) in [5.74, 6) is 0.110. The average Bonchev–Trinajstić information content (AvgIpc) is 2.49. The third kappa shape index (κ3) is 4.32. The molecule has 0 aromatic heterocycles. The van der Waals surface area contributed by atoms with Gasteiger partial charge in [0.1, 0.15) is 0 Å². The molecule has 1 amide bonds. The monoisotopic (exact) mass is 326 g/mol. The number of hydrogen-bond donors (Lipinski definition) is 1. The van der Waals surface area contributed by atoms with E-state index in [1.807, 2.05) is 11.9 Å². The number of hydrogen-bond acceptors (Lipinski definition) is 5. The minimum atomic E-state index is -0.493. The van der Waals surface area contributed by atoms with Gasteiger partial charge in [0, 0.05) is 51.3 Å². The standard InChI is InChI=1S/C14H19ClN4O3/c1-17-6-8-18(9-7-17)14(20)4-5-16-13-3-2-11(19(21)22)10-12(13)15/h2-3,10,16H,4-9H2,1H3. The van der Waals surface area contributed by atoms with Crippen molar-refractivity contribution in [3.63, 3.8) is 0 Å². The van der Waals surface area contributed by atoms with Crippen LogP contribution in [0.1, 0.15) is 6.42 Å². The Hall–Kier alpha value is -1.86. The first-order chi connectivity index (χ1) is 10.5. The van der Waals surface area contributed by atoms with Crippen molar-refractivity contribution in [3.05, 3.63) is 33.3 Å². The van der Waals surface area contributed by atoms with Crippen LogP contribution in [0.15, 0.2) is 18.2 Å². The zero-order chi connectivity index (χ0) is 16.1. The Kier molecular flexibility index (Phi) is 5.57. The number of benzene rings is 1. The van der Waals surface area contributed by atoms with Gasteiger partial charge in [0.2, 0.25) is 5.91 Å². The van der Waals surface area contributed by atoms with E-state index in [-0.39, 0.29) is 16.6 Å². The molecule has 1 aromatic carbocycles. The molecule has 0 aliphatic carbocycles. The topological polar surface area (TPSA) is 78.7 Å². The number of halogens is 1. The van der Waals surface area contributed by atoms with Gasteiger partial charge >= 0.3 is 0 Å². The van der Waals surface area contributed by atoms with Gasteiger partial charge in [-0.25, -0.2) is 0 Å². The Morgan fingerprint density at radius 3 is 2.64 bits per heavy atom. The van der Waals surface area contributed by atoms with Crippen LogP contribution in [0.3, 0.4) is 0 Å². The van der Waals surface area contributed by atoms with Gasteiger partial charge in [0.05, 0.1) is 15.6 Å². The number of anilines is 1. The molecule has 8 heteroatoms. The van der Waals surface area contributed by atoms with Gasteiger partial charge < -0.3 is 15.1 Å². The molecule has 22 heavy (non-hydrogen) atoms. The van der Waals surface area contributed by atoms with Crippen molar-refractivity contribution >= 4 is 28.9 Å². The molecule has 1 fully saturated rings. The molecule has 1 heterocycles. The van der Waals surface area contributed by atoms with Gasteiger partial charge in [-0.15, -0.1) is 0 Å². The van der Waals surface area contributed by atoms with E-state index < -0.39 is 4.92 Å². The number of amides is 1. The predicted octanol–water partition coefficient (Wildman–Crippen LogP) is 1.82. The molecule has 0 spiro atoms. The van der Waals surface area contributed by atoms with Crippen molar-refractivity contribution in [1.29, 1.82) is 0 Å². The van der Waals surface area contributed by atoms with E-state index in [4.69, 9.17) is 11.6 Å². The highest BCUT2D eigenvalue weighted by Gasteiger charge is 2.18. The quantitative estimate of drug-likeness (QED) is 0.659. The van der Waals surface area contributed by atoms with Gasteiger partial charge in [-0.3, -0.25) is 14.9 Å². The maximum absolute atomic E-state index is 12.1. The molecule has 1 aliphatic rings. The average molecular weight is 327 g/mol. The first-order valence-corrected chi connectivity index (χ1v) is 7.49. The van der Waals surface area contributed by atoms with E-state index in [9.17, 15) is 14.9 Å². The summed E-state index contributed by atoms with van der Waals surface area (Å²) in [5, 5.41) is 14.0. The van der Waals surface area contributed by atoms with E-state index in [0.717, 1.165) is 26.2 Å². The van der Waals surface area contributed by atoms with Crippen molar-refractivity contribution in [2.45, 2.75) is 6.42 Å². The Labute approximate surface area is 134 Å². The SMILES string of the molecule is CN1CCN(C(=O)CCNc2ccc([N+](=O)[O-])cc2Cl)CC1. The van der Waals surface area contributed by atoms with Crippen LogP contribution in [0.4, 0.5) is 11.4 Å². The third-order valence-corrected chi connectivity index (χ3v) is 3.99. The fourth-order valence-electron chi connectivity index (χ4n) is 2.28. The lowest BCUT2D eigenvalue weighted by molar-refractivity contribution is -0.384. The molecule has 0 radical (unpaired) electrons. The fourth-order valence-corrected chi connectivity index (χ4v) is 2.52. The molecule has 1 N–H and O–H groups in total. The minimum Gasteiger partial charge on any atom is -0.383 e. The second kappa shape index (κ2) is 7.42. The van der Waals surface area contributed by atoms with Crippen LogP contribution in [-0.4, -0.2) is 60.4 Å². The van der Waals surface area contributed by atoms with Crippen LogP contribution in [-0.2, 0) is 4.79 Å². The van der Waals surface area contributed by atoms with Crippen molar-refractivity contribution in [2.75, 3.05) is 45.1 Å². The predicted molar refractivity (Wildman–Crippen MR) is 85.3 cm³/mol. The Morgan fingerprint density at radius 2 is 2.05 bits per heavy atom. The second-order valence-electron chi connectivity index (χ2n) is 5.28. The lowest BCUT2D eigenvalue weighted by atomic mass is 10.2. The number of rotatable bonds is 5. The van der Waals surface area contributed by atoms with Crippen LogP contribution in [0, 0.1) is 10.1 Å². The summed E-state index contributed by atoms with van der Waals surface area (Å²) in [7, 11) is 2.04. The molecular formula is C14H19ClN4O3. The van der Waals surface area contributed by atoms with Gasteiger partial charge in [-0.1, -0.05) is 11.6 Å². The van der Waals surface area contributed by atoms with E-state index in [2.05, 4.69) is 10.2 Å². The van der Waals surface area contributed by atoms with Crippen LogP contribution < -0.4 is 5.32 Å². The fraction of sp³-hybridized carbons (Fsp3) is 0.500. The van der Waals surface area contributed by atoms with E-state index >= 15 is 0 Å². The summed E-state index contributed by atoms with van der Waals surface area (Å²) >= 11 is 5.99. The normalized spacial score (nSPS) is 15.6. The molecular weight excluding hydrogens is 308 g/mol. The Morgan fingerprint density at radius 1 is 1.36 bits per heavy atom. The van der Waals surface area contributed by atoms with Crippen LogP contribution in [0.5, 0.6) is 0 Å². The summed E-state index contributed by atoms with van der Waals surface area (Å²) in [6.07, 6.45) is 0.372. The number of likely N-dealkylation sites (N-methyl/N-ethyl adjacent to an activating group) is 1. The summed E-state index contributed by atoms with van der Waals surface area (Å²) in [5.41, 5.74) is 0.544. The van der Waals surface area contributed by atoms with E-state index in [0.29, 0.717) is 18.7 Å². The molecule has 2 rings (SSSR count). The molecule has 1 aromatic rings. The largest absolute Gasteiger partial charge is 0.383 e. The maximum atomic E-state index is 12.1. The summed E-state index contributed by atoms with van der Waals surface area (Å²) < 4.78 is 0. The Balaban J connectivity index is 1.81. The lowest BCUT2D eigenvalue weighted by Crippen LogP contribution is -2.47. The molecule has 1 saturated heterocycles. The summed E-state index contributed by atoms with van der Waals surface area (Å²) in [6, 6.07) is 4.24. The summed E-state index contributed by atoms with van der Waals surface area (Å²) in [6.45, 7) is 3.75. The lowest BCUT2D eigenvalue weighted by Gasteiger charge is -2.32. The van der Waals surface area contributed by atoms with E-state index in [1.165, 1.54) is 12.1 Å². The summed E-state index contributed by atoms with van der Waals surface area (Å²) in [4.78, 5) is 26.3. The van der Waals surface area contributed by atoms with Crippen LogP contribution in [0.25, 0.3) is 0 Å². The van der Waals surface area contributed by atoms with Gasteiger partial charge in [0.25, 0.3) is 5.69 Å². The van der Waals surface area contributed by atoms with Gasteiger partial charge in [0.15, 0.2) is 0 Å². The van der Waals surface area contributed by atoms with Crippen LogP contribution in [0.2, 0.25) is 5.02 Å². The molecule has 0 unspecified atom stereocenters. The molecule has 120 valence electrons. The van der Waals surface area contributed by atoms with Crippen molar-refractivity contribution in [3.8, 4) is 0 Å². The minimum absolute atomic E-state index is 0.0518. The highest BCUT2D eigenvalue weighted by atomic mass is 35.5. The molecule has 0 bridgehead atoms. The highest BCUT2D eigenvalue weighted by Crippen LogP contribution is 2.26. The second-order valence-corrected chi connectivity index (χ2v) is 5.69. The number of piperazine rings is 1. The number of carbonyl (C=O) groups is 1. The highest BCUT2D eigenvalue weighted by molar-refractivity contribution is 6.33.